The van der Waals surface area contributed by atoms with Crippen LogP contribution in [-0.2, 0) is 9.84 Å². The first-order valence-electron chi connectivity index (χ1n) is 10.2. The highest BCUT2D eigenvalue weighted by atomic mass is 35.5. The molecule has 0 spiro atoms. The topological polar surface area (TPSA) is 73.7 Å². The highest BCUT2D eigenvalue weighted by Gasteiger charge is 2.27. The van der Waals surface area contributed by atoms with Crippen molar-refractivity contribution in [3.63, 3.8) is 0 Å². The Labute approximate surface area is 188 Å². The second-order valence-electron chi connectivity index (χ2n) is 8.29. The smallest absolute Gasteiger partial charge is 0.179 e. The summed E-state index contributed by atoms with van der Waals surface area (Å²) in [5.74, 6) is 0.0231. The predicted molar refractivity (Wildman–Crippen MR) is 126 cm³/mol. The maximum atomic E-state index is 12.7. The summed E-state index contributed by atoms with van der Waals surface area (Å²) in [7, 11) is 0.604. The number of hydrogen-bond donors (Lipinski definition) is 1. The summed E-state index contributed by atoms with van der Waals surface area (Å²) >= 11 is 6.11. The Morgan fingerprint density at radius 2 is 1.77 bits per heavy atom. The molecule has 0 aliphatic carbocycles. The van der Waals surface area contributed by atoms with Gasteiger partial charge < -0.3 is 14.9 Å². The highest BCUT2D eigenvalue weighted by Crippen LogP contribution is 2.37. The number of aromatic hydroxyl groups is 1. The van der Waals surface area contributed by atoms with Gasteiger partial charge in [0.2, 0.25) is 0 Å². The fraction of sp³-hybridized carbons (Fsp3) is 0.348. The third-order valence-corrected chi connectivity index (χ3v) is 7.48. The molecule has 4 rings (SSSR count). The summed E-state index contributed by atoms with van der Waals surface area (Å²) in [5.41, 5.74) is 3.13. The molecule has 0 amide bonds. The van der Waals surface area contributed by atoms with E-state index < -0.39 is 9.84 Å². The van der Waals surface area contributed by atoms with Gasteiger partial charge in [-0.25, -0.2) is 8.42 Å². The largest absolute Gasteiger partial charge is 0.506 e. The zero-order valence-electron chi connectivity index (χ0n) is 17.8. The summed E-state index contributed by atoms with van der Waals surface area (Å²) in [6.07, 6.45) is 4.63. The number of sulfone groups is 1. The number of likely N-dealkylation sites (tertiary alicyclic amines) is 1. The Hall–Kier alpha value is -2.35. The fourth-order valence-electron chi connectivity index (χ4n) is 4.23. The molecular formula is C23H26ClN3O3S. The van der Waals surface area contributed by atoms with Gasteiger partial charge in [-0.05, 0) is 68.4 Å². The number of pyridine rings is 1. The van der Waals surface area contributed by atoms with Crippen molar-refractivity contribution in [2.45, 2.75) is 23.8 Å². The highest BCUT2D eigenvalue weighted by molar-refractivity contribution is 7.90. The normalized spacial score (nSPS) is 16.0. The van der Waals surface area contributed by atoms with Crippen molar-refractivity contribution in [2.24, 2.45) is 0 Å². The SMILES string of the molecule is CN1CCC(N(C)c2c(S(C)(=O)=O)cnc3ccc(-c4ccc(O)c(Cl)c4)cc23)CC1. The van der Waals surface area contributed by atoms with Crippen molar-refractivity contribution in [3.05, 3.63) is 47.6 Å². The number of rotatable bonds is 4. The number of halogens is 1. The molecule has 1 saturated heterocycles. The summed E-state index contributed by atoms with van der Waals surface area (Å²) in [4.78, 5) is 9.08. The van der Waals surface area contributed by atoms with E-state index in [0.29, 0.717) is 5.69 Å². The molecule has 0 saturated carbocycles. The van der Waals surface area contributed by atoms with Crippen molar-refractivity contribution in [1.82, 2.24) is 9.88 Å². The summed E-state index contributed by atoms with van der Waals surface area (Å²) in [6, 6.07) is 11.1. The molecule has 31 heavy (non-hydrogen) atoms. The van der Waals surface area contributed by atoms with Gasteiger partial charge in [0.1, 0.15) is 10.6 Å². The first-order valence-corrected chi connectivity index (χ1v) is 12.4. The monoisotopic (exact) mass is 459 g/mol. The zero-order valence-corrected chi connectivity index (χ0v) is 19.4. The number of hydrogen-bond acceptors (Lipinski definition) is 6. The first-order chi connectivity index (χ1) is 14.6. The minimum absolute atomic E-state index is 0.0231. The molecule has 1 fully saturated rings. The quantitative estimate of drug-likeness (QED) is 0.630. The third kappa shape index (κ3) is 4.35. The molecule has 2 heterocycles. The number of benzene rings is 2. The van der Waals surface area contributed by atoms with Crippen molar-refractivity contribution >= 4 is 38.0 Å². The number of fused-ring (bicyclic) bond motifs is 1. The average Bonchev–Trinajstić information content (AvgIpc) is 2.74. The van der Waals surface area contributed by atoms with Crippen LogP contribution < -0.4 is 4.90 Å². The molecule has 8 heteroatoms. The lowest BCUT2D eigenvalue weighted by Gasteiger charge is -2.37. The number of anilines is 1. The van der Waals surface area contributed by atoms with Crippen molar-refractivity contribution < 1.29 is 13.5 Å². The van der Waals surface area contributed by atoms with Crippen LogP contribution in [-0.4, -0.2) is 62.9 Å². The van der Waals surface area contributed by atoms with E-state index in [1.54, 1.807) is 18.2 Å². The first kappa shape index (κ1) is 21.9. The number of aromatic nitrogens is 1. The van der Waals surface area contributed by atoms with Crippen LogP contribution in [0.3, 0.4) is 0 Å². The summed E-state index contributed by atoms with van der Waals surface area (Å²) in [5, 5.41) is 10.8. The van der Waals surface area contributed by atoms with Gasteiger partial charge in [0.15, 0.2) is 9.84 Å². The second-order valence-corrected chi connectivity index (χ2v) is 10.7. The molecule has 0 atom stereocenters. The van der Waals surface area contributed by atoms with Crippen LogP contribution in [0.4, 0.5) is 5.69 Å². The van der Waals surface area contributed by atoms with Crippen LogP contribution in [0.25, 0.3) is 22.0 Å². The molecule has 0 bridgehead atoms. The molecule has 0 unspecified atom stereocenters. The van der Waals surface area contributed by atoms with Crippen LogP contribution in [0.15, 0.2) is 47.5 Å². The molecule has 1 N–H and O–H groups in total. The molecule has 6 nitrogen and oxygen atoms in total. The zero-order chi connectivity index (χ0) is 22.3. The van der Waals surface area contributed by atoms with Gasteiger partial charge in [0, 0.05) is 30.9 Å². The fourth-order valence-corrected chi connectivity index (χ4v) is 5.26. The van der Waals surface area contributed by atoms with Crippen molar-refractivity contribution in [1.29, 1.82) is 0 Å². The van der Waals surface area contributed by atoms with Crippen LogP contribution in [0, 0.1) is 0 Å². The van der Waals surface area contributed by atoms with Gasteiger partial charge in [-0.3, -0.25) is 4.98 Å². The summed E-state index contributed by atoms with van der Waals surface area (Å²) in [6.45, 7) is 1.95. The van der Waals surface area contributed by atoms with E-state index in [1.807, 2.05) is 25.2 Å². The molecule has 1 aliphatic heterocycles. The average molecular weight is 460 g/mol. The van der Waals surface area contributed by atoms with Gasteiger partial charge in [0.05, 0.1) is 16.2 Å². The number of phenols is 1. The Bertz CT molecular complexity index is 1240. The third-order valence-electron chi connectivity index (χ3n) is 6.07. The number of phenolic OH excluding ortho intramolecular Hbond substituents is 1. The summed E-state index contributed by atoms with van der Waals surface area (Å²) < 4.78 is 25.3. The van der Waals surface area contributed by atoms with Gasteiger partial charge in [-0.15, -0.1) is 0 Å². The van der Waals surface area contributed by atoms with Crippen LogP contribution >= 0.6 is 11.6 Å². The number of piperidine rings is 1. The molecule has 0 radical (unpaired) electrons. The lowest BCUT2D eigenvalue weighted by molar-refractivity contribution is 0.252. The van der Waals surface area contributed by atoms with E-state index in [1.165, 1.54) is 12.5 Å². The van der Waals surface area contributed by atoms with Gasteiger partial charge in [-0.1, -0.05) is 23.7 Å². The van der Waals surface area contributed by atoms with E-state index in [-0.39, 0.29) is 21.7 Å². The minimum atomic E-state index is -3.48. The second kappa shape index (κ2) is 8.30. The Kier molecular flexibility index (Phi) is 5.85. The van der Waals surface area contributed by atoms with Crippen molar-refractivity contribution in [2.75, 3.05) is 38.3 Å². The molecule has 3 aromatic rings. The molecule has 1 aliphatic rings. The predicted octanol–water partition coefficient (Wildman–Crippen LogP) is 4.19. The molecule has 2 aromatic carbocycles. The molecular weight excluding hydrogens is 434 g/mol. The lowest BCUT2D eigenvalue weighted by atomic mass is 10.00. The maximum absolute atomic E-state index is 12.7. The van der Waals surface area contributed by atoms with E-state index in [0.717, 1.165) is 48.0 Å². The Morgan fingerprint density at radius 1 is 1.13 bits per heavy atom. The van der Waals surface area contributed by atoms with E-state index in [9.17, 15) is 13.5 Å². The Balaban J connectivity index is 1.90. The van der Waals surface area contributed by atoms with Gasteiger partial charge in [0.25, 0.3) is 0 Å². The van der Waals surface area contributed by atoms with Crippen LogP contribution in [0.2, 0.25) is 5.02 Å². The number of nitrogens with zero attached hydrogens (tertiary/aromatic N) is 3. The van der Waals surface area contributed by atoms with Gasteiger partial charge >= 0.3 is 0 Å². The molecule has 164 valence electrons. The maximum Gasteiger partial charge on any atom is 0.179 e. The van der Waals surface area contributed by atoms with Crippen LogP contribution in [0.1, 0.15) is 12.8 Å². The van der Waals surface area contributed by atoms with E-state index in [2.05, 4.69) is 21.8 Å². The molecule has 1 aromatic heterocycles. The van der Waals surface area contributed by atoms with E-state index in [4.69, 9.17) is 11.6 Å². The lowest BCUT2D eigenvalue weighted by Crippen LogP contribution is -2.42. The van der Waals surface area contributed by atoms with Crippen LogP contribution in [0.5, 0.6) is 5.75 Å². The van der Waals surface area contributed by atoms with E-state index >= 15 is 0 Å². The minimum Gasteiger partial charge on any atom is -0.506 e. The van der Waals surface area contributed by atoms with Gasteiger partial charge in [-0.2, -0.15) is 0 Å². The standard InChI is InChI=1S/C23H26ClN3O3S/c1-26-10-8-17(9-11-26)27(2)23-18-12-15(16-5-7-21(28)19(24)13-16)4-6-20(18)25-14-22(23)31(3,29)30/h4-7,12-14,17,28H,8-11H2,1-3H3. The van der Waals surface area contributed by atoms with Crippen molar-refractivity contribution in [3.8, 4) is 16.9 Å². The Morgan fingerprint density at radius 3 is 2.42 bits per heavy atom.